The first-order chi connectivity index (χ1) is 8.65. The molecule has 1 saturated carbocycles. The van der Waals surface area contributed by atoms with E-state index in [9.17, 15) is 4.39 Å². The van der Waals surface area contributed by atoms with Crippen LogP contribution in [0.15, 0.2) is 22.7 Å². The monoisotopic (exact) mass is 313 g/mol. The molecule has 0 unspecified atom stereocenters. The number of hydrogen-bond donors (Lipinski definition) is 0. The second kappa shape index (κ2) is 6.67. The van der Waals surface area contributed by atoms with Crippen LogP contribution in [0.4, 0.5) is 4.39 Å². The van der Waals surface area contributed by atoms with Crippen LogP contribution >= 0.6 is 15.9 Å². The van der Waals surface area contributed by atoms with E-state index in [2.05, 4.69) is 27.9 Å². The summed E-state index contributed by atoms with van der Waals surface area (Å²) in [4.78, 5) is 2.38. The van der Waals surface area contributed by atoms with Crippen LogP contribution in [0.3, 0.4) is 0 Å². The van der Waals surface area contributed by atoms with Gasteiger partial charge in [0.05, 0.1) is 0 Å². The SMILES string of the molecule is CN(Cc1cc(F)cc(Br)c1)C1CCCCCC1. The highest BCUT2D eigenvalue weighted by Crippen LogP contribution is 2.23. The van der Waals surface area contributed by atoms with Gasteiger partial charge in [-0.1, -0.05) is 41.6 Å². The predicted molar refractivity (Wildman–Crippen MR) is 77.1 cm³/mol. The molecule has 0 saturated heterocycles. The molecule has 1 aliphatic carbocycles. The Morgan fingerprint density at radius 1 is 1.17 bits per heavy atom. The van der Waals surface area contributed by atoms with Gasteiger partial charge in [-0.15, -0.1) is 0 Å². The van der Waals surface area contributed by atoms with E-state index in [1.165, 1.54) is 44.6 Å². The molecule has 0 bridgehead atoms. The highest BCUT2D eigenvalue weighted by molar-refractivity contribution is 9.10. The van der Waals surface area contributed by atoms with Gasteiger partial charge in [0.1, 0.15) is 5.82 Å². The maximum atomic E-state index is 13.3. The van der Waals surface area contributed by atoms with Gasteiger partial charge in [0.2, 0.25) is 0 Å². The topological polar surface area (TPSA) is 3.24 Å². The fourth-order valence-electron chi connectivity index (χ4n) is 2.82. The summed E-state index contributed by atoms with van der Waals surface area (Å²) in [6.07, 6.45) is 7.98. The lowest BCUT2D eigenvalue weighted by Crippen LogP contribution is -2.30. The summed E-state index contributed by atoms with van der Waals surface area (Å²) in [5.74, 6) is -0.159. The van der Waals surface area contributed by atoms with Crippen LogP contribution in [0.25, 0.3) is 0 Å². The lowest BCUT2D eigenvalue weighted by atomic mass is 10.1. The maximum absolute atomic E-state index is 13.3. The Morgan fingerprint density at radius 2 is 1.83 bits per heavy atom. The van der Waals surface area contributed by atoms with Crippen molar-refractivity contribution in [1.82, 2.24) is 4.90 Å². The number of hydrogen-bond acceptors (Lipinski definition) is 1. The summed E-state index contributed by atoms with van der Waals surface area (Å²) >= 11 is 3.35. The van der Waals surface area contributed by atoms with Gasteiger partial charge in [0.25, 0.3) is 0 Å². The Bertz CT molecular complexity index is 366. The fourth-order valence-corrected chi connectivity index (χ4v) is 3.33. The van der Waals surface area contributed by atoms with Gasteiger partial charge in [0.15, 0.2) is 0 Å². The van der Waals surface area contributed by atoms with Crippen molar-refractivity contribution >= 4 is 15.9 Å². The summed E-state index contributed by atoms with van der Waals surface area (Å²) in [6, 6.07) is 5.82. The Morgan fingerprint density at radius 3 is 2.44 bits per heavy atom. The van der Waals surface area contributed by atoms with Gasteiger partial charge < -0.3 is 0 Å². The second-order valence-corrected chi connectivity index (χ2v) is 6.25. The van der Waals surface area contributed by atoms with Crippen molar-refractivity contribution in [3.05, 3.63) is 34.1 Å². The third-order valence-electron chi connectivity index (χ3n) is 3.80. The van der Waals surface area contributed by atoms with Crippen molar-refractivity contribution in [2.75, 3.05) is 7.05 Å². The van der Waals surface area contributed by atoms with Crippen LogP contribution < -0.4 is 0 Å². The van der Waals surface area contributed by atoms with E-state index in [1.54, 1.807) is 6.07 Å². The molecule has 1 aromatic carbocycles. The van der Waals surface area contributed by atoms with Crippen molar-refractivity contribution in [3.8, 4) is 0 Å². The number of benzene rings is 1. The molecule has 0 atom stereocenters. The third kappa shape index (κ3) is 4.06. The molecule has 0 heterocycles. The normalized spacial score (nSPS) is 18.0. The van der Waals surface area contributed by atoms with Gasteiger partial charge in [-0.05, 0) is 43.7 Å². The Balaban J connectivity index is 1.98. The van der Waals surface area contributed by atoms with E-state index >= 15 is 0 Å². The zero-order valence-electron chi connectivity index (χ0n) is 11.0. The molecule has 0 aromatic heterocycles. The van der Waals surface area contributed by atoms with Crippen molar-refractivity contribution in [2.24, 2.45) is 0 Å². The highest BCUT2D eigenvalue weighted by atomic mass is 79.9. The first-order valence-corrected chi connectivity index (χ1v) is 7.59. The van der Waals surface area contributed by atoms with Gasteiger partial charge in [-0.3, -0.25) is 4.90 Å². The smallest absolute Gasteiger partial charge is 0.124 e. The summed E-state index contributed by atoms with van der Waals surface area (Å²) in [6.45, 7) is 0.834. The van der Waals surface area contributed by atoms with Crippen molar-refractivity contribution < 1.29 is 4.39 Å². The molecule has 0 N–H and O–H groups in total. The Kier molecular flexibility index (Phi) is 5.19. The molecule has 3 heteroatoms. The molecule has 0 radical (unpaired) electrons. The summed E-state index contributed by atoms with van der Waals surface area (Å²) in [7, 11) is 2.16. The van der Waals surface area contributed by atoms with E-state index in [4.69, 9.17) is 0 Å². The Labute approximate surface area is 118 Å². The van der Waals surface area contributed by atoms with Gasteiger partial charge in [0, 0.05) is 17.1 Å². The van der Waals surface area contributed by atoms with E-state index in [0.717, 1.165) is 16.6 Å². The molecule has 100 valence electrons. The zero-order valence-corrected chi connectivity index (χ0v) is 12.5. The molecule has 0 spiro atoms. The minimum absolute atomic E-state index is 0.159. The van der Waals surface area contributed by atoms with Crippen LogP contribution in [-0.4, -0.2) is 18.0 Å². The van der Waals surface area contributed by atoms with Crippen molar-refractivity contribution in [1.29, 1.82) is 0 Å². The molecular weight excluding hydrogens is 293 g/mol. The molecule has 1 fully saturated rings. The van der Waals surface area contributed by atoms with Crippen LogP contribution in [0, 0.1) is 5.82 Å². The highest BCUT2D eigenvalue weighted by Gasteiger charge is 2.17. The maximum Gasteiger partial charge on any atom is 0.124 e. The molecular formula is C15H21BrFN. The average Bonchev–Trinajstić information content (AvgIpc) is 2.55. The van der Waals surface area contributed by atoms with Crippen LogP contribution in [0.5, 0.6) is 0 Å². The molecule has 0 aliphatic heterocycles. The predicted octanol–water partition coefficient (Wildman–Crippen LogP) is 4.74. The molecule has 1 aromatic rings. The molecule has 1 aliphatic rings. The molecule has 1 nitrogen and oxygen atoms in total. The van der Waals surface area contributed by atoms with Crippen LogP contribution in [0.1, 0.15) is 44.1 Å². The van der Waals surface area contributed by atoms with Crippen molar-refractivity contribution in [3.63, 3.8) is 0 Å². The molecule has 2 rings (SSSR count). The number of rotatable bonds is 3. The molecule has 18 heavy (non-hydrogen) atoms. The van der Waals surface area contributed by atoms with E-state index in [1.807, 2.05) is 6.07 Å². The van der Waals surface area contributed by atoms with Crippen LogP contribution in [0.2, 0.25) is 0 Å². The first-order valence-electron chi connectivity index (χ1n) is 6.80. The van der Waals surface area contributed by atoms with Gasteiger partial charge in [-0.2, -0.15) is 0 Å². The quantitative estimate of drug-likeness (QED) is 0.728. The zero-order chi connectivity index (χ0) is 13.0. The third-order valence-corrected chi connectivity index (χ3v) is 4.26. The second-order valence-electron chi connectivity index (χ2n) is 5.34. The molecule has 0 amide bonds. The van der Waals surface area contributed by atoms with E-state index < -0.39 is 0 Å². The average molecular weight is 314 g/mol. The van der Waals surface area contributed by atoms with E-state index in [-0.39, 0.29) is 5.82 Å². The minimum atomic E-state index is -0.159. The summed E-state index contributed by atoms with van der Waals surface area (Å²) in [5, 5.41) is 0. The Hall–Kier alpha value is -0.410. The number of nitrogens with zero attached hydrogens (tertiary/aromatic N) is 1. The summed E-state index contributed by atoms with van der Waals surface area (Å²) < 4.78 is 14.2. The minimum Gasteiger partial charge on any atom is -0.299 e. The summed E-state index contributed by atoms with van der Waals surface area (Å²) in [5.41, 5.74) is 1.05. The van der Waals surface area contributed by atoms with Crippen molar-refractivity contribution in [2.45, 2.75) is 51.1 Å². The lowest BCUT2D eigenvalue weighted by Gasteiger charge is -2.27. The first kappa shape index (κ1) is 14.0. The van der Waals surface area contributed by atoms with Gasteiger partial charge >= 0.3 is 0 Å². The standard InChI is InChI=1S/C15H21BrFN/c1-18(15-6-4-2-3-5-7-15)11-12-8-13(16)10-14(17)9-12/h8-10,15H,2-7,11H2,1H3. The van der Waals surface area contributed by atoms with Gasteiger partial charge in [-0.25, -0.2) is 4.39 Å². The van der Waals surface area contributed by atoms with E-state index in [0.29, 0.717) is 6.04 Å². The fraction of sp³-hybridized carbons (Fsp3) is 0.600. The number of halogens is 2. The lowest BCUT2D eigenvalue weighted by molar-refractivity contribution is 0.213. The van der Waals surface area contributed by atoms with Crippen LogP contribution in [-0.2, 0) is 6.54 Å². The largest absolute Gasteiger partial charge is 0.299 e.